The molecule has 7 heterocycles. The van der Waals surface area contributed by atoms with Crippen LogP contribution in [-0.4, -0.2) is 93.5 Å². The molecule has 0 aliphatic carbocycles. The van der Waals surface area contributed by atoms with Crippen LogP contribution in [0.15, 0.2) is 28.2 Å². The van der Waals surface area contributed by atoms with Gasteiger partial charge in [-0.1, -0.05) is 17.5 Å². The average Bonchev–Trinajstić information content (AvgIpc) is 3.72. The minimum Gasteiger partial charge on any atom is -0.369 e. The van der Waals surface area contributed by atoms with Gasteiger partial charge in [0, 0.05) is 6.20 Å². The molecule has 0 saturated carbocycles. The van der Waals surface area contributed by atoms with Gasteiger partial charge in [0.15, 0.2) is 23.6 Å². The molecule has 3 aliphatic rings. The van der Waals surface area contributed by atoms with E-state index in [0.717, 1.165) is 22.8 Å². The number of anilines is 1. The topological polar surface area (TPSA) is 237 Å². The average molecular weight is 728 g/mol. The van der Waals surface area contributed by atoms with Gasteiger partial charge in [-0.25, -0.2) is 23.0 Å². The third-order valence-corrected chi connectivity index (χ3v) is 11.9. The van der Waals surface area contributed by atoms with Gasteiger partial charge in [0.05, 0.1) is 30.2 Å². The van der Waals surface area contributed by atoms with Gasteiger partial charge in [0.1, 0.15) is 35.5 Å². The number of nitrogens with one attached hydrogen (secondary N) is 2. The van der Waals surface area contributed by atoms with Crippen molar-refractivity contribution in [3.63, 3.8) is 0 Å². The lowest BCUT2D eigenvalue weighted by atomic mass is 10.1. The van der Waals surface area contributed by atoms with Gasteiger partial charge in [0.2, 0.25) is 5.95 Å². The van der Waals surface area contributed by atoms with Crippen LogP contribution in [0.2, 0.25) is 0 Å². The summed E-state index contributed by atoms with van der Waals surface area (Å²) >= 11 is 10.0. The van der Waals surface area contributed by atoms with Crippen molar-refractivity contribution in [3.05, 3.63) is 39.3 Å². The molecular formula is C20H21F2N9O9P2S3. The summed E-state index contributed by atoms with van der Waals surface area (Å²) in [7, 11) is 0. The van der Waals surface area contributed by atoms with E-state index < -0.39 is 85.4 Å². The molecule has 242 valence electrons. The van der Waals surface area contributed by atoms with Crippen LogP contribution in [0.1, 0.15) is 11.6 Å². The van der Waals surface area contributed by atoms with Crippen molar-refractivity contribution in [3.8, 4) is 0 Å². The van der Waals surface area contributed by atoms with Crippen molar-refractivity contribution < 1.29 is 41.1 Å². The number of nitrogens with zero attached hydrogens (tertiary/aromatic N) is 6. The zero-order valence-electron chi connectivity index (χ0n) is 22.2. The molecular weight excluding hydrogens is 706 g/mol. The maximum Gasteiger partial charge on any atom is 0.386 e. The Morgan fingerprint density at radius 2 is 1.96 bits per heavy atom. The van der Waals surface area contributed by atoms with Crippen LogP contribution in [0.5, 0.6) is 0 Å². The van der Waals surface area contributed by atoms with E-state index in [1.165, 1.54) is 16.8 Å². The van der Waals surface area contributed by atoms with E-state index in [1.807, 2.05) is 0 Å². The third kappa shape index (κ3) is 5.67. The van der Waals surface area contributed by atoms with E-state index in [2.05, 4.69) is 42.5 Å². The van der Waals surface area contributed by atoms with Gasteiger partial charge in [-0.3, -0.25) is 28.1 Å². The van der Waals surface area contributed by atoms with Gasteiger partial charge >= 0.3 is 13.5 Å². The Labute approximate surface area is 263 Å². The molecule has 3 fully saturated rings. The normalized spacial score (nSPS) is 37.7. The minimum atomic E-state index is -4.46. The summed E-state index contributed by atoms with van der Waals surface area (Å²) in [6.07, 6.45) is -7.54. The Hall–Kier alpha value is -2.30. The molecule has 25 heteroatoms. The molecule has 4 aromatic heterocycles. The van der Waals surface area contributed by atoms with Crippen LogP contribution in [0.25, 0.3) is 22.2 Å². The van der Waals surface area contributed by atoms with Crippen LogP contribution in [0.4, 0.5) is 14.7 Å². The first-order valence-corrected chi connectivity index (χ1v) is 19.1. The first-order chi connectivity index (χ1) is 21.3. The molecule has 45 heavy (non-hydrogen) atoms. The highest BCUT2D eigenvalue weighted by Crippen LogP contribution is 2.60. The first-order valence-electron chi connectivity index (χ1n) is 12.9. The molecule has 3 saturated heterocycles. The van der Waals surface area contributed by atoms with Crippen LogP contribution < -0.4 is 16.9 Å². The maximum atomic E-state index is 16.0. The SMILES string of the molecule is Nc1nc2c(nnn2[C@@H]2S[C@@H]3COP(O)(=S)O[C@H]4[C@H](F)[C@H](n5ccc6c(=O)[nH]cnc65)O[C@@H]4COP(=O)(S)O[C@@H]2[C@@H]3F)c(=O)[nH]1. The van der Waals surface area contributed by atoms with Crippen molar-refractivity contribution in [2.45, 2.75) is 47.5 Å². The number of fused-ring (bicyclic) bond motifs is 5. The molecule has 0 spiro atoms. The van der Waals surface area contributed by atoms with Crippen LogP contribution in [-0.2, 0) is 39.2 Å². The highest BCUT2D eigenvalue weighted by Gasteiger charge is 2.54. The monoisotopic (exact) mass is 727 g/mol. The number of ether oxygens (including phenoxy) is 1. The second kappa shape index (κ2) is 11.4. The van der Waals surface area contributed by atoms with E-state index in [9.17, 15) is 19.0 Å². The largest absolute Gasteiger partial charge is 0.386 e. The number of aromatic amines is 2. The zero-order chi connectivity index (χ0) is 31.8. The number of nitrogens with two attached hydrogens (primary N) is 1. The molecule has 0 radical (unpaired) electrons. The summed E-state index contributed by atoms with van der Waals surface area (Å²) in [6.45, 7) is -9.99. The Kier molecular flexibility index (Phi) is 7.96. The molecule has 18 nitrogen and oxygen atoms in total. The number of halogens is 2. The summed E-state index contributed by atoms with van der Waals surface area (Å²) in [5.74, 6) is -0.261. The van der Waals surface area contributed by atoms with Crippen LogP contribution in [0, 0.1) is 0 Å². The number of aromatic nitrogens is 8. The van der Waals surface area contributed by atoms with Gasteiger partial charge in [-0.15, -0.1) is 16.9 Å². The fourth-order valence-corrected chi connectivity index (χ4v) is 9.76. The summed E-state index contributed by atoms with van der Waals surface area (Å²) in [4.78, 5) is 48.2. The number of alkyl halides is 2. The summed E-state index contributed by atoms with van der Waals surface area (Å²) in [5, 5.41) is 5.54. The quantitative estimate of drug-likeness (QED) is 0.144. The van der Waals surface area contributed by atoms with Crippen molar-refractivity contribution in [1.82, 2.24) is 39.5 Å². The fraction of sp³-hybridized carbons (Fsp3) is 0.500. The van der Waals surface area contributed by atoms with Gasteiger partial charge < -0.3 is 29.4 Å². The van der Waals surface area contributed by atoms with Crippen molar-refractivity contribution in [1.29, 1.82) is 0 Å². The summed E-state index contributed by atoms with van der Waals surface area (Å²) in [6, 6.07) is 1.41. The van der Waals surface area contributed by atoms with Crippen molar-refractivity contribution in [2.75, 3.05) is 18.9 Å². The molecule has 7 rings (SSSR count). The van der Waals surface area contributed by atoms with Crippen LogP contribution >= 0.6 is 37.5 Å². The van der Waals surface area contributed by atoms with Gasteiger partial charge in [0.25, 0.3) is 11.1 Å². The molecule has 0 amide bonds. The van der Waals surface area contributed by atoms with Crippen molar-refractivity contribution >= 4 is 77.5 Å². The number of H-pyrrole nitrogens is 2. The first kappa shape index (κ1) is 31.3. The number of rotatable bonds is 2. The lowest BCUT2D eigenvalue weighted by molar-refractivity contribution is -0.0422. The van der Waals surface area contributed by atoms with E-state index in [4.69, 9.17) is 40.4 Å². The number of thioether (sulfide) groups is 1. The molecule has 0 aromatic carbocycles. The zero-order valence-corrected chi connectivity index (χ0v) is 26.5. The molecule has 2 unspecified atom stereocenters. The number of hydrogen-bond acceptors (Lipinski definition) is 15. The molecule has 3 aliphatic heterocycles. The van der Waals surface area contributed by atoms with E-state index >= 15 is 8.78 Å². The highest BCUT2D eigenvalue weighted by atomic mass is 32.7. The molecule has 4 aromatic rings. The summed E-state index contributed by atoms with van der Waals surface area (Å²) in [5.41, 5.74) is 4.29. The second-order valence-corrected chi connectivity index (χ2v) is 17.1. The van der Waals surface area contributed by atoms with E-state index in [1.54, 1.807) is 0 Å². The Bertz CT molecular complexity index is 2010. The number of nitrogen functional groups attached to an aromatic ring is 1. The van der Waals surface area contributed by atoms with Crippen molar-refractivity contribution in [2.24, 2.45) is 0 Å². The van der Waals surface area contributed by atoms with Gasteiger partial charge in [-0.05, 0) is 17.9 Å². The van der Waals surface area contributed by atoms with E-state index in [0.29, 0.717) is 0 Å². The molecule has 2 bridgehead atoms. The fourth-order valence-electron chi connectivity index (χ4n) is 5.24. The predicted octanol–water partition coefficient (Wildman–Crippen LogP) is 1.09. The highest BCUT2D eigenvalue weighted by molar-refractivity contribution is 8.44. The van der Waals surface area contributed by atoms with Gasteiger partial charge in [-0.2, -0.15) is 4.98 Å². The van der Waals surface area contributed by atoms with E-state index in [-0.39, 0.29) is 28.1 Å². The Morgan fingerprint density at radius 3 is 2.76 bits per heavy atom. The number of thiol groups is 1. The predicted molar refractivity (Wildman–Crippen MR) is 160 cm³/mol. The standard InChI is InChI=1S/C20H21F2N9O9P2S3/c21-9-8-4-37-42(35,44)39-12-7(38-18(10(12)22)30-2-1-6-14(30)24-5-25-16(6)32)3-36-41(34,43)40-13(9)19(45-8)31-15-11(28-29-31)17(33)27-20(23)26-15/h1-2,5,7-10,12-13,18-19H,3-4H2,(H,34,43)(H,35,44)(H,24,25,32)(H3,23,26,27,33)/t7-,8-,9-,10+,12-,13-,18-,19-,41?,42?/m1/s1. The Morgan fingerprint density at radius 1 is 1.16 bits per heavy atom. The number of hydrogen-bond donors (Lipinski definition) is 5. The van der Waals surface area contributed by atoms with Crippen LogP contribution in [0.3, 0.4) is 0 Å². The lowest BCUT2D eigenvalue weighted by Gasteiger charge is -2.26. The smallest absolute Gasteiger partial charge is 0.369 e. The molecule has 10 atom stereocenters. The Balaban J connectivity index is 1.21. The third-order valence-electron chi connectivity index (χ3n) is 7.23. The summed E-state index contributed by atoms with van der Waals surface area (Å²) < 4.78 is 75.5. The molecule has 5 N–H and O–H groups in total. The minimum absolute atomic E-state index is 0.0940. The lowest BCUT2D eigenvalue weighted by Crippen LogP contribution is -2.34. The second-order valence-electron chi connectivity index (χ2n) is 10.0. The maximum absolute atomic E-state index is 16.0.